The Kier molecular flexibility index (Phi) is 2.57. The summed E-state index contributed by atoms with van der Waals surface area (Å²) in [6, 6.07) is 23.0. The summed E-state index contributed by atoms with van der Waals surface area (Å²) in [5.74, 6) is 0.906. The summed E-state index contributed by atoms with van der Waals surface area (Å²) < 4.78 is 1.83. The van der Waals surface area contributed by atoms with Crippen LogP contribution in [0.4, 0.5) is 0 Å². The monoisotopic (exact) mass is 275 g/mol. The number of phenols is 1. The van der Waals surface area contributed by atoms with Crippen LogP contribution in [0.5, 0.6) is 11.5 Å². The van der Waals surface area contributed by atoms with E-state index >= 15 is 0 Å². The number of aromatic hydroxyl groups is 1. The number of hydrogen-bond acceptors (Lipinski definition) is 2. The first kappa shape index (κ1) is 11.9. The molecule has 0 aliphatic heterocycles. The van der Waals surface area contributed by atoms with Gasteiger partial charge in [0.25, 0.3) is 0 Å². The number of fused-ring (bicyclic) bond motifs is 3. The summed E-state index contributed by atoms with van der Waals surface area (Å²) in [5.41, 5.74) is 2.04. The normalized spacial score (nSPS) is 11.0. The second kappa shape index (κ2) is 4.56. The number of nitrogens with zero attached hydrogens (tertiary/aromatic N) is 1. The molecule has 0 spiro atoms. The van der Waals surface area contributed by atoms with Gasteiger partial charge in [0.05, 0.1) is 11.0 Å². The van der Waals surface area contributed by atoms with Crippen LogP contribution in [0.25, 0.3) is 21.8 Å². The second-order valence-electron chi connectivity index (χ2n) is 4.91. The smallest absolute Gasteiger partial charge is 0.156 e. The lowest BCUT2D eigenvalue weighted by molar-refractivity contribution is 0.241. The van der Waals surface area contributed by atoms with Gasteiger partial charge in [-0.2, -0.15) is 4.73 Å². The Morgan fingerprint density at radius 3 is 1.76 bits per heavy atom. The standard InChI is InChI=1S/C18H13NO2/c20-13-9-11-14(12-10-13)21-19-17-7-3-1-5-15(17)16-6-2-4-8-18(16)19/h1-12,20H. The summed E-state index contributed by atoms with van der Waals surface area (Å²) in [6.45, 7) is 0. The van der Waals surface area contributed by atoms with Crippen LogP contribution in [0.15, 0.2) is 72.8 Å². The van der Waals surface area contributed by atoms with Crippen molar-refractivity contribution in [1.82, 2.24) is 4.73 Å². The van der Waals surface area contributed by atoms with Crippen molar-refractivity contribution < 1.29 is 9.94 Å². The highest BCUT2D eigenvalue weighted by Gasteiger charge is 2.11. The largest absolute Gasteiger partial charge is 0.508 e. The zero-order chi connectivity index (χ0) is 14.2. The lowest BCUT2D eigenvalue weighted by Crippen LogP contribution is -2.04. The van der Waals surface area contributed by atoms with E-state index in [4.69, 9.17) is 4.84 Å². The molecule has 0 fully saturated rings. The summed E-state index contributed by atoms with van der Waals surface area (Å²) in [7, 11) is 0. The van der Waals surface area contributed by atoms with Crippen molar-refractivity contribution in [3.8, 4) is 11.5 Å². The van der Waals surface area contributed by atoms with E-state index in [2.05, 4.69) is 12.1 Å². The molecule has 4 rings (SSSR count). The fourth-order valence-electron chi connectivity index (χ4n) is 2.60. The van der Waals surface area contributed by atoms with E-state index in [-0.39, 0.29) is 5.75 Å². The molecule has 0 saturated carbocycles. The third-order valence-corrected chi connectivity index (χ3v) is 3.57. The molecule has 0 atom stereocenters. The van der Waals surface area contributed by atoms with E-state index < -0.39 is 0 Å². The SMILES string of the molecule is Oc1ccc(On2c3ccccc3c3ccccc32)cc1. The minimum Gasteiger partial charge on any atom is -0.508 e. The molecule has 0 unspecified atom stereocenters. The van der Waals surface area contributed by atoms with E-state index in [0.717, 1.165) is 21.8 Å². The molecule has 4 aromatic rings. The number of benzene rings is 3. The molecule has 3 nitrogen and oxygen atoms in total. The minimum absolute atomic E-state index is 0.226. The van der Waals surface area contributed by atoms with Crippen molar-refractivity contribution in [3.05, 3.63) is 72.8 Å². The zero-order valence-corrected chi connectivity index (χ0v) is 11.2. The Hall–Kier alpha value is -2.94. The third-order valence-electron chi connectivity index (χ3n) is 3.57. The summed E-state index contributed by atoms with van der Waals surface area (Å²) in [4.78, 5) is 6.01. The minimum atomic E-state index is 0.226. The molecule has 0 aliphatic carbocycles. The van der Waals surface area contributed by atoms with Crippen molar-refractivity contribution in [2.45, 2.75) is 0 Å². The number of rotatable bonds is 2. The maximum Gasteiger partial charge on any atom is 0.156 e. The van der Waals surface area contributed by atoms with Crippen LogP contribution >= 0.6 is 0 Å². The second-order valence-corrected chi connectivity index (χ2v) is 4.91. The fraction of sp³-hybridized carbons (Fsp3) is 0. The van der Waals surface area contributed by atoms with Gasteiger partial charge in [-0.15, -0.1) is 0 Å². The van der Waals surface area contributed by atoms with Gasteiger partial charge in [-0.05, 0) is 36.4 Å². The average Bonchev–Trinajstić information content (AvgIpc) is 2.85. The van der Waals surface area contributed by atoms with Gasteiger partial charge >= 0.3 is 0 Å². The Labute approximate surface area is 121 Å². The highest BCUT2D eigenvalue weighted by molar-refractivity contribution is 6.07. The molecule has 21 heavy (non-hydrogen) atoms. The number of aromatic nitrogens is 1. The van der Waals surface area contributed by atoms with Crippen LogP contribution in [0.2, 0.25) is 0 Å². The molecule has 1 aromatic heterocycles. The summed E-state index contributed by atoms with van der Waals surface area (Å²) in [5, 5.41) is 11.7. The molecule has 1 heterocycles. The van der Waals surface area contributed by atoms with Gasteiger partial charge in [0.1, 0.15) is 5.75 Å². The maximum absolute atomic E-state index is 9.36. The van der Waals surface area contributed by atoms with Crippen molar-refractivity contribution >= 4 is 21.8 Å². The third kappa shape index (κ3) is 1.91. The average molecular weight is 275 g/mol. The molecule has 0 aliphatic rings. The zero-order valence-electron chi connectivity index (χ0n) is 11.2. The Morgan fingerprint density at radius 1 is 0.667 bits per heavy atom. The van der Waals surface area contributed by atoms with Crippen LogP contribution in [0.1, 0.15) is 0 Å². The van der Waals surface area contributed by atoms with Crippen molar-refractivity contribution in [2.24, 2.45) is 0 Å². The van der Waals surface area contributed by atoms with Gasteiger partial charge in [0, 0.05) is 10.8 Å². The Balaban J connectivity index is 1.95. The highest BCUT2D eigenvalue weighted by atomic mass is 16.7. The lowest BCUT2D eigenvalue weighted by Gasteiger charge is -2.09. The van der Waals surface area contributed by atoms with E-state index in [1.807, 2.05) is 41.1 Å². The van der Waals surface area contributed by atoms with Gasteiger partial charge in [0.15, 0.2) is 5.75 Å². The summed E-state index contributed by atoms with van der Waals surface area (Å²) >= 11 is 0. The quantitative estimate of drug-likeness (QED) is 0.590. The van der Waals surface area contributed by atoms with Crippen LogP contribution in [0.3, 0.4) is 0 Å². The molecular formula is C18H13NO2. The van der Waals surface area contributed by atoms with Crippen LogP contribution in [0, 0.1) is 0 Å². The summed E-state index contributed by atoms with van der Waals surface area (Å²) in [6.07, 6.45) is 0. The van der Waals surface area contributed by atoms with Gasteiger partial charge in [-0.1, -0.05) is 36.4 Å². The van der Waals surface area contributed by atoms with Crippen molar-refractivity contribution in [3.63, 3.8) is 0 Å². The topological polar surface area (TPSA) is 34.4 Å². The van der Waals surface area contributed by atoms with Crippen molar-refractivity contribution in [1.29, 1.82) is 0 Å². The maximum atomic E-state index is 9.36. The number of hydrogen-bond donors (Lipinski definition) is 1. The van der Waals surface area contributed by atoms with Crippen molar-refractivity contribution in [2.75, 3.05) is 0 Å². The molecule has 0 radical (unpaired) electrons. The molecule has 102 valence electrons. The molecule has 0 saturated heterocycles. The van der Waals surface area contributed by atoms with E-state index in [9.17, 15) is 5.11 Å². The fourth-order valence-corrected chi connectivity index (χ4v) is 2.60. The predicted octanol–water partition coefficient (Wildman–Crippen LogP) is 4.34. The number of phenolic OH excluding ortho intramolecular Hbond substituents is 1. The lowest BCUT2D eigenvalue weighted by atomic mass is 10.2. The Morgan fingerprint density at radius 2 is 1.19 bits per heavy atom. The van der Waals surface area contributed by atoms with Gasteiger partial charge in [-0.3, -0.25) is 0 Å². The molecular weight excluding hydrogens is 262 g/mol. The molecule has 3 aromatic carbocycles. The molecule has 1 N–H and O–H groups in total. The van der Waals surface area contributed by atoms with Crippen LogP contribution in [-0.2, 0) is 0 Å². The van der Waals surface area contributed by atoms with Gasteiger partial charge in [0.2, 0.25) is 0 Å². The van der Waals surface area contributed by atoms with Crippen LogP contribution < -0.4 is 4.84 Å². The first-order valence-corrected chi connectivity index (χ1v) is 6.78. The molecule has 0 amide bonds. The van der Waals surface area contributed by atoms with E-state index in [0.29, 0.717) is 5.75 Å². The van der Waals surface area contributed by atoms with E-state index in [1.54, 1.807) is 24.3 Å². The predicted molar refractivity (Wildman–Crippen MR) is 83.6 cm³/mol. The molecule has 3 heteroatoms. The first-order chi connectivity index (χ1) is 10.3. The van der Waals surface area contributed by atoms with Gasteiger partial charge < -0.3 is 9.94 Å². The number of para-hydroxylation sites is 2. The first-order valence-electron chi connectivity index (χ1n) is 6.78. The highest BCUT2D eigenvalue weighted by Crippen LogP contribution is 2.29. The van der Waals surface area contributed by atoms with Crippen LogP contribution in [-0.4, -0.2) is 9.84 Å². The Bertz CT molecular complexity index is 870. The molecule has 0 bridgehead atoms. The van der Waals surface area contributed by atoms with Gasteiger partial charge in [-0.25, -0.2) is 0 Å². The van der Waals surface area contributed by atoms with E-state index in [1.165, 1.54) is 0 Å².